The van der Waals surface area contributed by atoms with Crippen molar-refractivity contribution in [2.45, 2.75) is 20.0 Å². The molecule has 1 aliphatic rings. The average molecular weight is 485 g/mol. The Balaban J connectivity index is 2.13. The Hall–Kier alpha value is -1.99. The summed E-state index contributed by atoms with van der Waals surface area (Å²) in [4.78, 5) is 37.3. The van der Waals surface area contributed by atoms with Gasteiger partial charge in [-0.15, -0.1) is 6.42 Å². The van der Waals surface area contributed by atoms with Gasteiger partial charge in [0, 0.05) is 0 Å². The maximum Gasteiger partial charge on any atom is 0.326 e. The Morgan fingerprint density at radius 3 is 2.77 bits per heavy atom. The van der Waals surface area contributed by atoms with Crippen molar-refractivity contribution in [2.75, 3.05) is 13.2 Å². The molecule has 0 aliphatic carbocycles. The molecule has 1 heterocycles. The summed E-state index contributed by atoms with van der Waals surface area (Å²) in [7, 11) is 0. The minimum absolute atomic E-state index is 0.167. The van der Waals surface area contributed by atoms with Crippen molar-refractivity contribution in [3.05, 3.63) is 32.2 Å². The number of carbonyl (C=O) groups is 3. The molecule has 0 radical (unpaired) electrons. The number of rotatable bonds is 6. The van der Waals surface area contributed by atoms with E-state index >= 15 is 0 Å². The van der Waals surface area contributed by atoms with Gasteiger partial charge in [0.15, 0.2) is 0 Å². The standard InChI is InChI=1S/C18H16INO5S/c1-4-7-24-14-6-5-12(8-13(14)19)9-15-17(22)20(18(23)26-15)10-16(21)25-11(2)3/h1,5-6,8-9,11H,7,10H2,2-3H3. The molecule has 8 heteroatoms. The summed E-state index contributed by atoms with van der Waals surface area (Å²) >= 11 is 2.89. The lowest BCUT2D eigenvalue weighted by molar-refractivity contribution is -0.149. The van der Waals surface area contributed by atoms with Crippen molar-refractivity contribution in [1.29, 1.82) is 0 Å². The summed E-state index contributed by atoms with van der Waals surface area (Å²) in [6.07, 6.45) is 6.46. The monoisotopic (exact) mass is 485 g/mol. The summed E-state index contributed by atoms with van der Waals surface area (Å²) in [6, 6.07) is 5.32. The molecule has 1 aliphatic heterocycles. The second kappa shape index (κ2) is 9.09. The Morgan fingerprint density at radius 1 is 1.42 bits per heavy atom. The zero-order valence-electron chi connectivity index (χ0n) is 14.2. The van der Waals surface area contributed by atoms with E-state index in [-0.39, 0.29) is 17.6 Å². The summed E-state index contributed by atoms with van der Waals surface area (Å²) < 4.78 is 11.2. The minimum atomic E-state index is -0.617. The predicted molar refractivity (Wildman–Crippen MR) is 107 cm³/mol. The van der Waals surface area contributed by atoms with Gasteiger partial charge >= 0.3 is 5.97 Å². The number of amides is 2. The van der Waals surface area contributed by atoms with Gasteiger partial charge in [0.1, 0.15) is 18.9 Å². The maximum absolute atomic E-state index is 12.4. The SMILES string of the molecule is C#CCOc1ccc(C=C2SC(=O)N(CC(=O)OC(C)C)C2=O)cc1I. The van der Waals surface area contributed by atoms with E-state index in [1.807, 2.05) is 6.07 Å². The number of terminal acetylenes is 1. The van der Waals surface area contributed by atoms with E-state index in [1.54, 1.807) is 32.1 Å². The van der Waals surface area contributed by atoms with Crippen LogP contribution < -0.4 is 4.74 Å². The van der Waals surface area contributed by atoms with Crippen molar-refractivity contribution in [3.63, 3.8) is 0 Å². The average Bonchev–Trinajstić information content (AvgIpc) is 2.81. The number of ether oxygens (including phenoxy) is 2. The first-order chi connectivity index (χ1) is 12.3. The first-order valence-corrected chi connectivity index (χ1v) is 9.52. The van der Waals surface area contributed by atoms with E-state index in [4.69, 9.17) is 15.9 Å². The van der Waals surface area contributed by atoms with Crippen molar-refractivity contribution in [2.24, 2.45) is 0 Å². The van der Waals surface area contributed by atoms with Gasteiger partial charge in [0.2, 0.25) is 0 Å². The van der Waals surface area contributed by atoms with Crippen LogP contribution in [0.4, 0.5) is 4.79 Å². The number of nitrogens with zero attached hydrogens (tertiary/aromatic N) is 1. The van der Waals surface area contributed by atoms with Crippen LogP contribution in [0.2, 0.25) is 0 Å². The number of esters is 1. The van der Waals surface area contributed by atoms with Crippen LogP contribution in [-0.4, -0.2) is 41.3 Å². The zero-order chi connectivity index (χ0) is 19.3. The van der Waals surface area contributed by atoms with Gasteiger partial charge in [-0.25, -0.2) is 0 Å². The molecule has 1 fully saturated rings. The van der Waals surface area contributed by atoms with E-state index in [0.29, 0.717) is 5.75 Å². The normalized spacial score (nSPS) is 15.5. The zero-order valence-corrected chi connectivity index (χ0v) is 17.1. The first-order valence-electron chi connectivity index (χ1n) is 7.62. The molecule has 0 aromatic heterocycles. The molecule has 1 saturated heterocycles. The van der Waals surface area contributed by atoms with Crippen LogP contribution in [0.3, 0.4) is 0 Å². The summed E-state index contributed by atoms with van der Waals surface area (Å²) in [5, 5.41) is -0.495. The molecule has 6 nitrogen and oxygen atoms in total. The lowest BCUT2D eigenvalue weighted by Gasteiger charge is -2.13. The molecule has 0 atom stereocenters. The first kappa shape index (κ1) is 20.3. The number of hydrogen-bond acceptors (Lipinski definition) is 6. The van der Waals surface area contributed by atoms with Gasteiger partial charge in [-0.3, -0.25) is 19.3 Å². The van der Waals surface area contributed by atoms with E-state index in [2.05, 4.69) is 28.5 Å². The van der Waals surface area contributed by atoms with Gasteiger partial charge < -0.3 is 9.47 Å². The molecule has 0 unspecified atom stereocenters. The predicted octanol–water partition coefficient (Wildman–Crippen LogP) is 3.29. The van der Waals surface area contributed by atoms with Crippen LogP contribution in [0.1, 0.15) is 19.4 Å². The smallest absolute Gasteiger partial charge is 0.326 e. The summed E-state index contributed by atoms with van der Waals surface area (Å²) in [5.41, 5.74) is 0.734. The van der Waals surface area contributed by atoms with Crippen LogP contribution >= 0.6 is 34.4 Å². The molecule has 136 valence electrons. The number of imide groups is 1. The fourth-order valence-corrected chi connectivity index (χ4v) is 3.59. The topological polar surface area (TPSA) is 72.9 Å². The van der Waals surface area contributed by atoms with Crippen molar-refractivity contribution >= 4 is 57.5 Å². The van der Waals surface area contributed by atoms with Gasteiger partial charge in [-0.05, 0) is 72.0 Å². The highest BCUT2D eigenvalue weighted by atomic mass is 127. The van der Waals surface area contributed by atoms with Crippen LogP contribution in [0.5, 0.6) is 5.75 Å². The molecular weight excluding hydrogens is 469 g/mol. The third kappa shape index (κ3) is 5.25. The Labute approximate surface area is 169 Å². The van der Waals surface area contributed by atoms with Crippen molar-refractivity contribution < 1.29 is 23.9 Å². The Bertz CT molecular complexity index is 812. The summed E-state index contributed by atoms with van der Waals surface area (Å²) in [6.45, 7) is 3.17. The fourth-order valence-electron chi connectivity index (χ4n) is 2.06. The lowest BCUT2D eigenvalue weighted by atomic mass is 10.2. The number of halogens is 1. The van der Waals surface area contributed by atoms with E-state index in [9.17, 15) is 14.4 Å². The van der Waals surface area contributed by atoms with Crippen molar-refractivity contribution in [1.82, 2.24) is 4.90 Å². The van der Waals surface area contributed by atoms with E-state index in [1.165, 1.54) is 0 Å². The molecule has 0 bridgehead atoms. The molecular formula is C18H16INO5S. The quantitative estimate of drug-likeness (QED) is 0.267. The Morgan fingerprint density at radius 2 is 2.15 bits per heavy atom. The Kier molecular flexibility index (Phi) is 7.11. The van der Waals surface area contributed by atoms with Crippen molar-refractivity contribution in [3.8, 4) is 18.1 Å². The largest absolute Gasteiger partial charge is 0.480 e. The highest BCUT2D eigenvalue weighted by Crippen LogP contribution is 2.33. The summed E-state index contributed by atoms with van der Waals surface area (Å²) in [5.74, 6) is 1.91. The van der Waals surface area contributed by atoms with Gasteiger partial charge in [-0.1, -0.05) is 12.0 Å². The van der Waals surface area contributed by atoms with Crippen LogP contribution in [0.25, 0.3) is 6.08 Å². The van der Waals surface area contributed by atoms with E-state index < -0.39 is 23.7 Å². The number of hydrogen-bond donors (Lipinski definition) is 0. The minimum Gasteiger partial charge on any atom is -0.480 e. The fraction of sp³-hybridized carbons (Fsp3) is 0.278. The van der Waals surface area contributed by atoms with Gasteiger partial charge in [0.05, 0.1) is 14.6 Å². The van der Waals surface area contributed by atoms with Gasteiger partial charge in [-0.2, -0.15) is 0 Å². The number of benzene rings is 1. The van der Waals surface area contributed by atoms with Crippen LogP contribution in [0, 0.1) is 15.9 Å². The van der Waals surface area contributed by atoms with Crippen LogP contribution in [0.15, 0.2) is 23.1 Å². The highest BCUT2D eigenvalue weighted by Gasteiger charge is 2.36. The van der Waals surface area contributed by atoms with Crippen LogP contribution in [-0.2, 0) is 14.3 Å². The molecule has 0 spiro atoms. The molecule has 0 N–H and O–H groups in total. The lowest BCUT2D eigenvalue weighted by Crippen LogP contribution is -2.35. The maximum atomic E-state index is 12.4. The second-order valence-electron chi connectivity index (χ2n) is 5.49. The second-order valence-corrected chi connectivity index (χ2v) is 7.64. The molecule has 26 heavy (non-hydrogen) atoms. The van der Waals surface area contributed by atoms with E-state index in [0.717, 1.165) is 25.8 Å². The molecule has 2 rings (SSSR count). The third-order valence-electron chi connectivity index (χ3n) is 3.09. The molecule has 1 aromatic rings. The third-order valence-corrected chi connectivity index (χ3v) is 4.84. The highest BCUT2D eigenvalue weighted by molar-refractivity contribution is 14.1. The molecule has 2 amide bonds. The molecule has 1 aromatic carbocycles. The number of carbonyl (C=O) groups excluding carboxylic acids is 3. The number of thioether (sulfide) groups is 1. The molecule has 0 saturated carbocycles. The van der Waals surface area contributed by atoms with Gasteiger partial charge in [0.25, 0.3) is 11.1 Å².